The second-order valence-electron chi connectivity index (χ2n) is 4.54. The summed E-state index contributed by atoms with van der Waals surface area (Å²) in [7, 11) is 0. The normalized spacial score (nSPS) is 10.7. The quantitative estimate of drug-likeness (QED) is 0.710. The third-order valence-corrected chi connectivity index (χ3v) is 3.56. The molecule has 3 aromatic rings. The van der Waals surface area contributed by atoms with Crippen LogP contribution in [0, 0.1) is 11.3 Å². The molecule has 0 spiro atoms. The van der Waals surface area contributed by atoms with Crippen molar-refractivity contribution in [3.05, 3.63) is 58.9 Å². The predicted molar refractivity (Wildman–Crippen MR) is 79.7 cm³/mol. The molecule has 0 amide bonds. The molecule has 2 aromatic heterocycles. The maximum absolute atomic E-state index is 9.39. The van der Waals surface area contributed by atoms with Crippen molar-refractivity contribution in [3.63, 3.8) is 0 Å². The maximum Gasteiger partial charge on any atom is 0.152 e. The maximum atomic E-state index is 9.39. The second-order valence-corrected chi connectivity index (χ2v) is 4.98. The smallest absolute Gasteiger partial charge is 0.152 e. The number of fused-ring (bicyclic) bond motifs is 1. The summed E-state index contributed by atoms with van der Waals surface area (Å²) >= 11 is 5.97. The van der Waals surface area contributed by atoms with Gasteiger partial charge in [0.2, 0.25) is 0 Å². The predicted octanol–water partition coefficient (Wildman–Crippen LogP) is 4.09. The molecular weight excluding hydrogens is 270 g/mol. The first kappa shape index (κ1) is 12.7. The van der Waals surface area contributed by atoms with E-state index in [1.165, 1.54) is 5.56 Å². The van der Waals surface area contributed by atoms with Gasteiger partial charge in [-0.15, -0.1) is 0 Å². The van der Waals surface area contributed by atoms with E-state index in [4.69, 9.17) is 11.6 Å². The van der Waals surface area contributed by atoms with Crippen LogP contribution in [0.4, 0.5) is 0 Å². The van der Waals surface area contributed by atoms with Crippen LogP contribution in [-0.4, -0.2) is 9.38 Å². The van der Waals surface area contributed by atoms with Crippen LogP contribution >= 0.6 is 11.6 Å². The third-order valence-electron chi connectivity index (χ3n) is 3.33. The number of aryl methyl sites for hydroxylation is 1. The molecule has 0 aliphatic rings. The van der Waals surface area contributed by atoms with Gasteiger partial charge in [0.1, 0.15) is 17.4 Å². The fourth-order valence-electron chi connectivity index (χ4n) is 2.23. The molecule has 0 bridgehead atoms. The molecule has 0 N–H and O–H groups in total. The lowest BCUT2D eigenvalue weighted by atomic mass is 10.1. The van der Waals surface area contributed by atoms with E-state index in [2.05, 4.69) is 30.1 Å². The van der Waals surface area contributed by atoms with Gasteiger partial charge >= 0.3 is 0 Å². The summed E-state index contributed by atoms with van der Waals surface area (Å²) in [6.45, 7) is 2.11. The highest BCUT2D eigenvalue weighted by atomic mass is 35.5. The van der Waals surface area contributed by atoms with Gasteiger partial charge in [0.05, 0.1) is 0 Å². The lowest BCUT2D eigenvalue weighted by molar-refractivity contribution is 1.14. The van der Waals surface area contributed by atoms with E-state index in [0.717, 1.165) is 12.0 Å². The minimum atomic E-state index is 0.529. The van der Waals surface area contributed by atoms with Crippen molar-refractivity contribution in [2.45, 2.75) is 13.3 Å². The van der Waals surface area contributed by atoms with Crippen molar-refractivity contribution in [2.24, 2.45) is 0 Å². The van der Waals surface area contributed by atoms with E-state index in [-0.39, 0.29) is 0 Å². The van der Waals surface area contributed by atoms with Gasteiger partial charge in [-0.05, 0) is 18.1 Å². The fourth-order valence-corrected chi connectivity index (χ4v) is 2.38. The third kappa shape index (κ3) is 2.04. The molecule has 0 atom stereocenters. The number of hydrogen-bond donors (Lipinski definition) is 0. The Kier molecular flexibility index (Phi) is 3.17. The first-order chi connectivity index (χ1) is 9.72. The molecule has 0 saturated heterocycles. The minimum absolute atomic E-state index is 0.529. The zero-order valence-corrected chi connectivity index (χ0v) is 11.7. The average molecular weight is 282 g/mol. The van der Waals surface area contributed by atoms with Gasteiger partial charge in [-0.2, -0.15) is 5.26 Å². The molecular formula is C16H12ClN3. The van der Waals surface area contributed by atoms with Crippen molar-refractivity contribution in [2.75, 3.05) is 0 Å². The first-order valence-corrected chi connectivity index (χ1v) is 6.77. The monoisotopic (exact) mass is 281 g/mol. The molecule has 2 heterocycles. The van der Waals surface area contributed by atoms with Crippen LogP contribution in [0.3, 0.4) is 0 Å². The fraction of sp³-hybridized carbons (Fsp3) is 0.125. The van der Waals surface area contributed by atoms with Crippen molar-refractivity contribution < 1.29 is 0 Å². The Balaban J connectivity index is 2.22. The van der Waals surface area contributed by atoms with Crippen LogP contribution in [0.2, 0.25) is 5.02 Å². The number of benzene rings is 1. The molecule has 0 aliphatic carbocycles. The number of nitriles is 1. The lowest BCUT2D eigenvalue weighted by Crippen LogP contribution is -1.88. The van der Waals surface area contributed by atoms with Gasteiger partial charge in [-0.25, -0.2) is 4.98 Å². The van der Waals surface area contributed by atoms with Crippen LogP contribution < -0.4 is 0 Å². The summed E-state index contributed by atoms with van der Waals surface area (Å²) in [6.07, 6.45) is 2.76. The van der Waals surface area contributed by atoms with Crippen LogP contribution in [0.15, 0.2) is 42.6 Å². The molecule has 3 nitrogen and oxygen atoms in total. The van der Waals surface area contributed by atoms with Crippen molar-refractivity contribution in [1.29, 1.82) is 5.26 Å². The number of rotatable bonds is 2. The summed E-state index contributed by atoms with van der Waals surface area (Å²) < 4.78 is 1.76. The van der Waals surface area contributed by atoms with Crippen LogP contribution in [-0.2, 0) is 6.42 Å². The number of pyridine rings is 1. The van der Waals surface area contributed by atoms with Gasteiger partial charge in [-0.3, -0.25) is 4.40 Å². The SMILES string of the molecule is CCc1ccc(-c2nc3cc(Cl)ccn3c2C#N)cc1. The molecule has 0 radical (unpaired) electrons. The first-order valence-electron chi connectivity index (χ1n) is 6.40. The van der Waals surface area contributed by atoms with E-state index in [0.29, 0.717) is 22.1 Å². The topological polar surface area (TPSA) is 41.1 Å². The van der Waals surface area contributed by atoms with Gasteiger partial charge in [-0.1, -0.05) is 42.8 Å². The molecule has 0 unspecified atom stereocenters. The largest absolute Gasteiger partial charge is 0.291 e. The number of hydrogen-bond acceptors (Lipinski definition) is 2. The van der Waals surface area contributed by atoms with Crippen molar-refractivity contribution >= 4 is 17.2 Å². The molecule has 0 fully saturated rings. The molecule has 1 aromatic carbocycles. The highest BCUT2D eigenvalue weighted by Gasteiger charge is 2.13. The number of nitrogens with zero attached hydrogens (tertiary/aromatic N) is 3. The highest BCUT2D eigenvalue weighted by molar-refractivity contribution is 6.30. The van der Waals surface area contributed by atoms with E-state index in [1.54, 1.807) is 22.7 Å². The van der Waals surface area contributed by atoms with Gasteiger partial charge in [0, 0.05) is 22.8 Å². The van der Waals surface area contributed by atoms with E-state index in [9.17, 15) is 5.26 Å². The van der Waals surface area contributed by atoms with Gasteiger partial charge in [0.15, 0.2) is 5.69 Å². The summed E-state index contributed by atoms with van der Waals surface area (Å²) in [5.41, 5.74) is 4.11. The van der Waals surface area contributed by atoms with Crippen molar-refractivity contribution in [1.82, 2.24) is 9.38 Å². The van der Waals surface area contributed by atoms with Crippen LogP contribution in [0.5, 0.6) is 0 Å². The van der Waals surface area contributed by atoms with Crippen molar-refractivity contribution in [3.8, 4) is 17.3 Å². The Morgan fingerprint density at radius 2 is 2.00 bits per heavy atom. The second kappa shape index (κ2) is 4.99. The Labute approximate surface area is 122 Å². The Morgan fingerprint density at radius 1 is 1.25 bits per heavy atom. The summed E-state index contributed by atoms with van der Waals surface area (Å²) in [4.78, 5) is 4.53. The molecule has 4 heteroatoms. The zero-order chi connectivity index (χ0) is 14.1. The summed E-state index contributed by atoms with van der Waals surface area (Å²) in [5, 5.41) is 10.0. The van der Waals surface area contributed by atoms with E-state index < -0.39 is 0 Å². The molecule has 3 rings (SSSR count). The minimum Gasteiger partial charge on any atom is -0.291 e. The van der Waals surface area contributed by atoms with Crippen LogP contribution in [0.1, 0.15) is 18.2 Å². The molecule has 0 saturated carbocycles. The zero-order valence-electron chi connectivity index (χ0n) is 11.0. The Bertz CT molecular complexity index is 810. The average Bonchev–Trinajstić information content (AvgIpc) is 2.84. The summed E-state index contributed by atoms with van der Waals surface area (Å²) in [5.74, 6) is 0. The molecule has 0 aliphatic heterocycles. The standard InChI is InChI=1S/C16H12ClN3/c1-2-11-3-5-12(6-4-11)16-14(10-18)20-8-7-13(17)9-15(20)19-16/h3-9H,2H2,1H3. The molecule has 20 heavy (non-hydrogen) atoms. The molecule has 98 valence electrons. The van der Waals surface area contributed by atoms with E-state index in [1.807, 2.05) is 12.1 Å². The number of halogens is 1. The van der Waals surface area contributed by atoms with Crippen LogP contribution in [0.25, 0.3) is 16.9 Å². The summed E-state index contributed by atoms with van der Waals surface area (Å²) in [6, 6.07) is 13.9. The Morgan fingerprint density at radius 3 is 2.65 bits per heavy atom. The number of imidazole rings is 1. The lowest BCUT2D eigenvalue weighted by Gasteiger charge is -2.00. The Hall–Kier alpha value is -2.31. The number of aromatic nitrogens is 2. The van der Waals surface area contributed by atoms with E-state index >= 15 is 0 Å². The van der Waals surface area contributed by atoms with Gasteiger partial charge in [0.25, 0.3) is 0 Å². The highest BCUT2D eigenvalue weighted by Crippen LogP contribution is 2.25. The van der Waals surface area contributed by atoms with Gasteiger partial charge < -0.3 is 0 Å².